The number of ether oxygens (including phenoxy) is 4. The summed E-state index contributed by atoms with van der Waals surface area (Å²) in [5.41, 5.74) is -0.935. The number of rotatable bonds is 8. The molecule has 0 radical (unpaired) electrons. The lowest BCUT2D eigenvalue weighted by Crippen LogP contribution is -2.64. The van der Waals surface area contributed by atoms with E-state index in [1.165, 1.54) is 22.9 Å². The lowest BCUT2D eigenvalue weighted by molar-refractivity contribution is -0.126. The molecule has 1 aromatic heterocycles. The Hall–Kier alpha value is -3.60. The Morgan fingerprint density at radius 2 is 2.03 bits per heavy atom. The number of nitrogens with one attached hydrogen (secondary N) is 1. The topological polar surface area (TPSA) is 121 Å². The van der Waals surface area contributed by atoms with Gasteiger partial charge in [0.1, 0.15) is 11.2 Å². The molecule has 1 N–H and O–H groups in total. The molecule has 0 aliphatic carbocycles. The van der Waals surface area contributed by atoms with E-state index in [1.807, 2.05) is 13.8 Å². The fraction of sp³-hybridized carbons (Fsp3) is 0.478. The fourth-order valence-corrected chi connectivity index (χ4v) is 4.09. The molecule has 2 amide bonds. The van der Waals surface area contributed by atoms with Crippen LogP contribution < -0.4 is 19.7 Å². The average Bonchev–Trinajstić information content (AvgIpc) is 3.44. The number of amides is 2. The molecule has 1 aromatic carbocycles. The monoisotopic (exact) mass is 472 g/mol. The SMILES string of the molecule is COC(=O)c1ncn2c1C(=O)N(c1ccc3c(c1)OCO3)[C@](C)(C(=O)NCCCOC(C)C)C2. The van der Waals surface area contributed by atoms with Crippen LogP contribution >= 0.6 is 0 Å². The van der Waals surface area contributed by atoms with Crippen LogP contribution in [0.3, 0.4) is 0 Å². The molecule has 0 fully saturated rings. The third-order valence-electron chi connectivity index (χ3n) is 5.76. The van der Waals surface area contributed by atoms with Gasteiger partial charge in [0.25, 0.3) is 5.91 Å². The van der Waals surface area contributed by atoms with Crippen molar-refractivity contribution in [1.82, 2.24) is 14.9 Å². The van der Waals surface area contributed by atoms with Gasteiger partial charge in [-0.05, 0) is 39.3 Å². The summed E-state index contributed by atoms with van der Waals surface area (Å²) in [4.78, 5) is 44.9. The predicted molar refractivity (Wildman–Crippen MR) is 120 cm³/mol. The number of fused-ring (bicyclic) bond motifs is 2. The first-order chi connectivity index (χ1) is 16.3. The first kappa shape index (κ1) is 23.6. The summed E-state index contributed by atoms with van der Waals surface area (Å²) in [5, 5.41) is 2.92. The van der Waals surface area contributed by atoms with Crippen molar-refractivity contribution in [2.45, 2.75) is 45.4 Å². The molecular weight excluding hydrogens is 444 g/mol. The van der Waals surface area contributed by atoms with E-state index in [1.54, 1.807) is 25.1 Å². The number of nitrogens with zero attached hydrogens (tertiary/aromatic N) is 3. The molecule has 11 nitrogen and oxygen atoms in total. The molecule has 182 valence electrons. The van der Waals surface area contributed by atoms with Crippen LogP contribution in [0.2, 0.25) is 0 Å². The van der Waals surface area contributed by atoms with Gasteiger partial charge in [0, 0.05) is 24.9 Å². The molecule has 0 saturated carbocycles. The summed E-state index contributed by atoms with van der Waals surface area (Å²) < 4.78 is 22.7. The first-order valence-electron chi connectivity index (χ1n) is 11.0. The van der Waals surface area contributed by atoms with Gasteiger partial charge in [-0.2, -0.15) is 0 Å². The molecule has 1 atom stereocenters. The van der Waals surface area contributed by atoms with Crippen molar-refractivity contribution in [3.8, 4) is 11.5 Å². The summed E-state index contributed by atoms with van der Waals surface area (Å²) in [5.74, 6) is -0.618. The van der Waals surface area contributed by atoms with E-state index < -0.39 is 17.4 Å². The quantitative estimate of drug-likeness (QED) is 0.456. The second-order valence-electron chi connectivity index (χ2n) is 8.54. The highest BCUT2D eigenvalue weighted by Gasteiger charge is 2.50. The Morgan fingerprint density at radius 3 is 2.76 bits per heavy atom. The second-order valence-corrected chi connectivity index (χ2v) is 8.54. The number of carbonyl (C=O) groups is 3. The van der Waals surface area contributed by atoms with Crippen molar-refractivity contribution in [1.29, 1.82) is 0 Å². The zero-order chi connectivity index (χ0) is 24.5. The summed E-state index contributed by atoms with van der Waals surface area (Å²) in [7, 11) is 1.22. The fourth-order valence-electron chi connectivity index (χ4n) is 4.09. The number of hydrogen-bond acceptors (Lipinski definition) is 8. The largest absolute Gasteiger partial charge is 0.464 e. The third-order valence-corrected chi connectivity index (χ3v) is 5.76. The second kappa shape index (κ2) is 9.34. The van der Waals surface area contributed by atoms with E-state index in [2.05, 4.69) is 10.3 Å². The van der Waals surface area contributed by atoms with Crippen LogP contribution in [0.1, 0.15) is 48.2 Å². The Kier molecular flexibility index (Phi) is 6.47. The van der Waals surface area contributed by atoms with Crippen LogP contribution in [0.25, 0.3) is 0 Å². The summed E-state index contributed by atoms with van der Waals surface area (Å²) in [6, 6.07) is 5.00. The van der Waals surface area contributed by atoms with E-state index in [9.17, 15) is 14.4 Å². The molecule has 0 spiro atoms. The standard InChI is InChI=1S/C23H28N4O7/c1-14(2)32-9-5-8-24-22(30)23(3)11-26-12-25-18(21(29)31-4)19(26)20(28)27(23)15-6-7-16-17(10-15)34-13-33-16/h6-7,10,12,14H,5,8-9,11,13H2,1-4H3,(H,24,30)/t23-/m0/s1. The number of anilines is 1. The van der Waals surface area contributed by atoms with E-state index in [0.29, 0.717) is 36.8 Å². The van der Waals surface area contributed by atoms with Crippen molar-refractivity contribution in [3.05, 3.63) is 35.9 Å². The first-order valence-corrected chi connectivity index (χ1v) is 11.0. The molecule has 2 aromatic rings. The van der Waals surface area contributed by atoms with Gasteiger partial charge in [0.2, 0.25) is 12.7 Å². The van der Waals surface area contributed by atoms with Crippen LogP contribution in [-0.4, -0.2) is 66.0 Å². The van der Waals surface area contributed by atoms with Gasteiger partial charge < -0.3 is 28.8 Å². The summed E-state index contributed by atoms with van der Waals surface area (Å²) >= 11 is 0. The van der Waals surface area contributed by atoms with E-state index >= 15 is 0 Å². The lowest BCUT2D eigenvalue weighted by atomic mass is 9.93. The molecule has 4 rings (SSSR count). The zero-order valence-corrected chi connectivity index (χ0v) is 19.6. The van der Waals surface area contributed by atoms with Gasteiger partial charge in [0.15, 0.2) is 17.2 Å². The minimum atomic E-state index is -1.31. The van der Waals surface area contributed by atoms with Crippen LogP contribution in [0.5, 0.6) is 11.5 Å². The lowest BCUT2D eigenvalue weighted by Gasteiger charge is -2.43. The molecule has 2 aliphatic rings. The van der Waals surface area contributed by atoms with Crippen molar-refractivity contribution < 1.29 is 33.3 Å². The van der Waals surface area contributed by atoms with Gasteiger partial charge in [-0.1, -0.05) is 0 Å². The molecule has 0 unspecified atom stereocenters. The number of aromatic nitrogens is 2. The smallest absolute Gasteiger partial charge is 0.359 e. The molecular formula is C23H28N4O7. The van der Waals surface area contributed by atoms with Crippen LogP contribution in [0.15, 0.2) is 24.5 Å². The van der Waals surface area contributed by atoms with Gasteiger partial charge in [-0.3, -0.25) is 14.5 Å². The normalized spacial score (nSPS) is 18.7. The average molecular weight is 472 g/mol. The van der Waals surface area contributed by atoms with Crippen LogP contribution in [0.4, 0.5) is 5.69 Å². The Morgan fingerprint density at radius 1 is 1.26 bits per heavy atom. The van der Waals surface area contributed by atoms with Crippen LogP contribution in [-0.2, 0) is 20.8 Å². The van der Waals surface area contributed by atoms with Crippen LogP contribution in [0, 0.1) is 0 Å². The highest BCUT2D eigenvalue weighted by atomic mass is 16.7. The number of esters is 1. The maximum Gasteiger partial charge on any atom is 0.359 e. The Balaban J connectivity index is 1.68. The molecule has 11 heteroatoms. The van der Waals surface area contributed by atoms with Gasteiger partial charge in [0.05, 0.1) is 26.1 Å². The van der Waals surface area contributed by atoms with Crippen molar-refractivity contribution in [3.63, 3.8) is 0 Å². The molecule has 2 aliphatic heterocycles. The molecule has 0 saturated heterocycles. The number of carbonyl (C=O) groups excluding carboxylic acids is 3. The minimum absolute atomic E-state index is 0.0557. The zero-order valence-electron chi connectivity index (χ0n) is 19.6. The highest BCUT2D eigenvalue weighted by Crippen LogP contribution is 2.40. The van der Waals surface area contributed by atoms with E-state index in [0.717, 1.165) is 0 Å². The van der Waals surface area contributed by atoms with Gasteiger partial charge >= 0.3 is 5.97 Å². The number of imidazole rings is 1. The van der Waals surface area contributed by atoms with Gasteiger partial charge in [-0.25, -0.2) is 9.78 Å². The van der Waals surface area contributed by atoms with E-state index in [4.69, 9.17) is 18.9 Å². The highest BCUT2D eigenvalue weighted by molar-refractivity contribution is 6.15. The van der Waals surface area contributed by atoms with Crippen molar-refractivity contribution in [2.75, 3.05) is 32.0 Å². The number of methoxy groups -OCH3 is 1. The Labute approximate surface area is 196 Å². The van der Waals surface area contributed by atoms with Crippen molar-refractivity contribution in [2.24, 2.45) is 0 Å². The molecule has 0 bridgehead atoms. The maximum absolute atomic E-state index is 13.8. The molecule has 3 heterocycles. The van der Waals surface area contributed by atoms with Gasteiger partial charge in [-0.15, -0.1) is 0 Å². The van der Waals surface area contributed by atoms with E-state index in [-0.39, 0.29) is 36.7 Å². The van der Waals surface area contributed by atoms with Crippen molar-refractivity contribution >= 4 is 23.5 Å². The Bertz CT molecular complexity index is 1110. The molecule has 34 heavy (non-hydrogen) atoms. The summed E-state index contributed by atoms with van der Waals surface area (Å²) in [6.45, 7) is 6.62. The summed E-state index contributed by atoms with van der Waals surface area (Å²) in [6.07, 6.45) is 2.11. The number of benzene rings is 1. The number of hydrogen-bond donors (Lipinski definition) is 1. The minimum Gasteiger partial charge on any atom is -0.464 e. The predicted octanol–water partition coefficient (Wildman–Crippen LogP) is 1.75. The maximum atomic E-state index is 13.8. The third kappa shape index (κ3) is 4.18.